The number of fused-ring (bicyclic) bond motifs is 1. The first-order valence-corrected chi connectivity index (χ1v) is 4.80. The molecule has 1 aromatic heterocycles. The van der Waals surface area contributed by atoms with E-state index in [1.54, 1.807) is 24.3 Å². The third kappa shape index (κ3) is 1.84. The third-order valence-corrected chi connectivity index (χ3v) is 2.39. The fourth-order valence-corrected chi connectivity index (χ4v) is 1.71. The fraction of sp³-hybridized carbons (Fsp3) is 0. The number of azide groups is 1. The summed E-state index contributed by atoms with van der Waals surface area (Å²) < 4.78 is 0. The summed E-state index contributed by atoms with van der Waals surface area (Å²) in [5, 5.41) is 14.3. The molecule has 0 fully saturated rings. The van der Waals surface area contributed by atoms with Gasteiger partial charge in [-0.1, -0.05) is 34.9 Å². The fourth-order valence-electron chi connectivity index (χ4n) is 1.46. The van der Waals surface area contributed by atoms with Crippen molar-refractivity contribution in [3.05, 3.63) is 50.0 Å². The second-order valence-corrected chi connectivity index (χ2v) is 3.42. The maximum Gasteiger partial charge on any atom is 0.316 e. The molecule has 0 atom stereocenters. The van der Waals surface area contributed by atoms with Gasteiger partial charge in [0.05, 0.1) is 10.4 Å². The Bertz CT molecular complexity index is 666. The largest absolute Gasteiger partial charge is 0.316 e. The van der Waals surface area contributed by atoms with E-state index in [9.17, 15) is 10.1 Å². The third-order valence-electron chi connectivity index (χ3n) is 2.12. The molecule has 0 aliphatic rings. The Balaban J connectivity index is 2.98. The van der Waals surface area contributed by atoms with Gasteiger partial charge in [0, 0.05) is 10.3 Å². The van der Waals surface area contributed by atoms with Crippen LogP contribution in [0.1, 0.15) is 0 Å². The Morgan fingerprint density at radius 1 is 1.47 bits per heavy atom. The molecule has 0 amide bonds. The van der Waals surface area contributed by atoms with Crippen LogP contribution in [0, 0.1) is 10.1 Å². The number of hydrogen-bond acceptors (Lipinski definition) is 4. The van der Waals surface area contributed by atoms with Crippen LogP contribution in [0.2, 0.25) is 5.15 Å². The quantitative estimate of drug-likeness (QED) is 0.202. The summed E-state index contributed by atoms with van der Waals surface area (Å²) in [5.74, 6) is 0. The zero-order chi connectivity index (χ0) is 12.4. The molecule has 0 spiro atoms. The van der Waals surface area contributed by atoms with E-state index < -0.39 is 10.6 Å². The average Bonchev–Trinajstić information content (AvgIpc) is 2.28. The molecule has 2 aromatic rings. The van der Waals surface area contributed by atoms with Crippen LogP contribution < -0.4 is 0 Å². The number of aromatic nitrogens is 1. The molecule has 0 saturated carbocycles. The lowest BCUT2D eigenvalue weighted by Gasteiger charge is -2.03. The molecular formula is C9H4ClN5O2. The van der Waals surface area contributed by atoms with Crippen molar-refractivity contribution in [1.29, 1.82) is 0 Å². The first kappa shape index (κ1) is 11.1. The van der Waals surface area contributed by atoms with Crippen molar-refractivity contribution >= 4 is 33.9 Å². The van der Waals surface area contributed by atoms with Gasteiger partial charge in [0.1, 0.15) is 5.69 Å². The first-order valence-electron chi connectivity index (χ1n) is 4.43. The van der Waals surface area contributed by atoms with Gasteiger partial charge in [-0.15, -0.1) is 0 Å². The van der Waals surface area contributed by atoms with E-state index in [2.05, 4.69) is 15.0 Å². The summed E-state index contributed by atoms with van der Waals surface area (Å²) in [6, 6.07) is 6.58. The predicted molar refractivity (Wildman–Crippen MR) is 62.2 cm³/mol. The van der Waals surface area contributed by atoms with Crippen LogP contribution in [0.4, 0.5) is 11.4 Å². The molecule has 1 aromatic carbocycles. The van der Waals surface area contributed by atoms with Crippen LogP contribution >= 0.6 is 11.6 Å². The van der Waals surface area contributed by atoms with Crippen molar-refractivity contribution in [3.8, 4) is 0 Å². The second-order valence-electron chi connectivity index (χ2n) is 3.06. The zero-order valence-electron chi connectivity index (χ0n) is 8.24. The lowest BCUT2D eigenvalue weighted by atomic mass is 10.2. The van der Waals surface area contributed by atoms with E-state index in [1.807, 2.05) is 0 Å². The lowest BCUT2D eigenvalue weighted by molar-refractivity contribution is -0.384. The minimum absolute atomic E-state index is 0.117. The van der Waals surface area contributed by atoms with Gasteiger partial charge in [-0.25, -0.2) is 4.98 Å². The van der Waals surface area contributed by atoms with Crippen LogP contribution in [0.5, 0.6) is 0 Å². The van der Waals surface area contributed by atoms with E-state index in [1.165, 1.54) is 0 Å². The van der Waals surface area contributed by atoms with Crippen molar-refractivity contribution in [3.63, 3.8) is 0 Å². The molecule has 0 bridgehead atoms. The van der Waals surface area contributed by atoms with Crippen LogP contribution in [-0.2, 0) is 0 Å². The number of pyridine rings is 1. The molecule has 2 rings (SSSR count). The normalized spacial score (nSPS) is 9.94. The van der Waals surface area contributed by atoms with Gasteiger partial charge in [-0.2, -0.15) is 0 Å². The van der Waals surface area contributed by atoms with Crippen LogP contribution in [0.3, 0.4) is 0 Å². The zero-order valence-corrected chi connectivity index (χ0v) is 9.00. The minimum atomic E-state index is -0.716. The first-order chi connectivity index (χ1) is 8.15. The summed E-state index contributed by atoms with van der Waals surface area (Å²) in [4.78, 5) is 16.6. The number of para-hydroxylation sites is 1. The topological polar surface area (TPSA) is 105 Å². The lowest BCUT2D eigenvalue weighted by Crippen LogP contribution is -1.93. The molecule has 0 N–H and O–H groups in total. The summed E-state index contributed by atoms with van der Waals surface area (Å²) >= 11 is 5.70. The highest BCUT2D eigenvalue weighted by Gasteiger charge is 2.22. The van der Waals surface area contributed by atoms with Crippen molar-refractivity contribution in [1.82, 2.24) is 4.98 Å². The monoisotopic (exact) mass is 249 g/mol. The Kier molecular flexibility index (Phi) is 2.78. The number of benzene rings is 1. The molecule has 0 aliphatic heterocycles. The van der Waals surface area contributed by atoms with Crippen molar-refractivity contribution in [2.45, 2.75) is 0 Å². The highest BCUT2D eigenvalue weighted by Crippen LogP contribution is 2.39. The molecule has 1 heterocycles. The van der Waals surface area contributed by atoms with Crippen molar-refractivity contribution < 1.29 is 4.92 Å². The Morgan fingerprint density at radius 3 is 2.82 bits per heavy atom. The van der Waals surface area contributed by atoms with Crippen molar-refractivity contribution in [2.24, 2.45) is 5.11 Å². The molecule has 0 unspecified atom stereocenters. The van der Waals surface area contributed by atoms with Crippen LogP contribution in [0.25, 0.3) is 21.3 Å². The van der Waals surface area contributed by atoms with Crippen LogP contribution in [-0.4, -0.2) is 9.91 Å². The second kappa shape index (κ2) is 4.25. The smallest absolute Gasteiger partial charge is 0.258 e. The standard InChI is InChI=1S/C9H4ClN5O2/c10-9-8(15(16)17)7(13-14-11)5-3-1-2-4-6(5)12-9/h1-4H. The van der Waals surface area contributed by atoms with Gasteiger partial charge in [-0.3, -0.25) is 10.1 Å². The average molecular weight is 250 g/mol. The number of rotatable bonds is 2. The van der Waals surface area contributed by atoms with E-state index in [4.69, 9.17) is 17.1 Å². The summed E-state index contributed by atoms with van der Waals surface area (Å²) in [7, 11) is 0. The number of nitrogens with zero attached hydrogens (tertiary/aromatic N) is 5. The predicted octanol–water partition coefficient (Wildman–Crippen LogP) is 3.74. The number of hydrogen-bond donors (Lipinski definition) is 0. The van der Waals surface area contributed by atoms with Gasteiger partial charge in [-0.05, 0) is 11.6 Å². The van der Waals surface area contributed by atoms with Crippen LogP contribution in [0.15, 0.2) is 29.4 Å². The van der Waals surface area contributed by atoms with Gasteiger partial charge in [0.2, 0.25) is 5.15 Å². The molecule has 17 heavy (non-hydrogen) atoms. The maximum absolute atomic E-state index is 10.9. The summed E-state index contributed by atoms with van der Waals surface area (Å²) in [5.41, 5.74) is 8.28. The van der Waals surface area contributed by atoms with Crippen molar-refractivity contribution in [2.75, 3.05) is 0 Å². The summed E-state index contributed by atoms with van der Waals surface area (Å²) in [6.45, 7) is 0. The Morgan fingerprint density at radius 2 is 2.18 bits per heavy atom. The SMILES string of the molecule is [N-]=[N+]=Nc1c([N+](=O)[O-])c(Cl)nc2ccccc12. The highest BCUT2D eigenvalue weighted by atomic mass is 35.5. The van der Waals surface area contributed by atoms with Gasteiger partial charge >= 0.3 is 5.69 Å². The van der Waals surface area contributed by atoms with Gasteiger partial charge in [0.25, 0.3) is 0 Å². The molecule has 0 aliphatic carbocycles. The van der Waals surface area contributed by atoms with Gasteiger partial charge in [0.15, 0.2) is 0 Å². The molecule has 8 heteroatoms. The highest BCUT2D eigenvalue weighted by molar-refractivity contribution is 6.32. The minimum Gasteiger partial charge on any atom is -0.258 e. The molecule has 7 nitrogen and oxygen atoms in total. The number of nitro groups is 1. The molecular weight excluding hydrogens is 246 g/mol. The van der Waals surface area contributed by atoms with E-state index in [0.717, 1.165) is 0 Å². The van der Waals surface area contributed by atoms with Gasteiger partial charge < -0.3 is 0 Å². The Labute approximate surface area is 99.4 Å². The molecule has 0 saturated heterocycles. The van der Waals surface area contributed by atoms with E-state index in [0.29, 0.717) is 10.9 Å². The van der Waals surface area contributed by atoms with E-state index in [-0.39, 0.29) is 10.8 Å². The van der Waals surface area contributed by atoms with E-state index >= 15 is 0 Å². The summed E-state index contributed by atoms with van der Waals surface area (Å²) in [6.07, 6.45) is 0. The molecule has 84 valence electrons. The Hall–Kier alpha value is -2.37. The maximum atomic E-state index is 10.9. The number of halogens is 1. The molecule has 0 radical (unpaired) electrons.